The van der Waals surface area contributed by atoms with Crippen LogP contribution >= 0.6 is 0 Å². The van der Waals surface area contributed by atoms with Crippen LogP contribution in [0, 0.1) is 0 Å². The van der Waals surface area contributed by atoms with Crippen molar-refractivity contribution in [3.8, 4) is 11.1 Å². The van der Waals surface area contributed by atoms with Gasteiger partial charge in [0.2, 0.25) is 0 Å². The van der Waals surface area contributed by atoms with Gasteiger partial charge in [0.1, 0.15) is 0 Å². The minimum atomic E-state index is -0.582. The van der Waals surface area contributed by atoms with Crippen molar-refractivity contribution >= 4 is 17.8 Å². The Morgan fingerprint density at radius 2 is 1.35 bits per heavy atom. The SMILES string of the molecule is CC1(C)c2ccccc2-c2ccc(B(O)c3ccccc3)cc21. The van der Waals surface area contributed by atoms with Crippen LogP contribution in [0.3, 0.4) is 0 Å². The summed E-state index contributed by atoms with van der Waals surface area (Å²) < 4.78 is 0. The molecule has 0 bridgehead atoms. The summed E-state index contributed by atoms with van der Waals surface area (Å²) in [5.41, 5.74) is 7.12. The number of hydrogen-bond acceptors (Lipinski definition) is 1. The van der Waals surface area contributed by atoms with Crippen LogP contribution in [0.4, 0.5) is 0 Å². The molecule has 1 nitrogen and oxygen atoms in total. The molecular weight excluding hydrogens is 279 g/mol. The van der Waals surface area contributed by atoms with Crippen molar-refractivity contribution in [2.45, 2.75) is 19.3 Å². The van der Waals surface area contributed by atoms with Gasteiger partial charge in [0.05, 0.1) is 0 Å². The number of rotatable bonds is 2. The lowest BCUT2D eigenvalue weighted by Crippen LogP contribution is -2.42. The van der Waals surface area contributed by atoms with Crippen LogP contribution < -0.4 is 10.9 Å². The maximum absolute atomic E-state index is 10.7. The number of fused-ring (bicyclic) bond motifs is 3. The van der Waals surface area contributed by atoms with E-state index >= 15 is 0 Å². The van der Waals surface area contributed by atoms with Crippen LogP contribution in [0.15, 0.2) is 72.8 Å². The Balaban J connectivity index is 1.83. The Hall–Kier alpha value is -2.32. The average molecular weight is 298 g/mol. The van der Waals surface area contributed by atoms with Gasteiger partial charge in [0.15, 0.2) is 0 Å². The van der Waals surface area contributed by atoms with Gasteiger partial charge in [-0.15, -0.1) is 0 Å². The first kappa shape index (κ1) is 14.3. The van der Waals surface area contributed by atoms with E-state index in [2.05, 4.69) is 56.3 Å². The minimum Gasteiger partial charge on any atom is -0.443 e. The predicted octanol–water partition coefficient (Wildman–Crippen LogP) is 3.09. The summed E-state index contributed by atoms with van der Waals surface area (Å²) in [6.45, 7) is 3.94. The Kier molecular flexibility index (Phi) is 3.17. The largest absolute Gasteiger partial charge is 0.443 e. The van der Waals surface area contributed by atoms with Gasteiger partial charge in [0.25, 0.3) is 0 Å². The van der Waals surface area contributed by atoms with Crippen molar-refractivity contribution in [3.05, 3.63) is 83.9 Å². The molecular formula is C21H19BO. The lowest BCUT2D eigenvalue weighted by molar-refractivity contribution is 0.600. The summed E-state index contributed by atoms with van der Waals surface area (Å²) in [5, 5.41) is 10.7. The molecule has 1 aliphatic carbocycles. The van der Waals surface area contributed by atoms with Gasteiger partial charge in [0, 0.05) is 5.41 Å². The molecule has 1 N–H and O–H groups in total. The van der Waals surface area contributed by atoms with Crippen LogP contribution in [0.1, 0.15) is 25.0 Å². The third kappa shape index (κ3) is 2.14. The van der Waals surface area contributed by atoms with E-state index in [0.717, 1.165) is 10.9 Å². The topological polar surface area (TPSA) is 20.2 Å². The van der Waals surface area contributed by atoms with E-state index in [0.29, 0.717) is 0 Å². The zero-order chi connectivity index (χ0) is 16.0. The lowest BCUT2D eigenvalue weighted by Gasteiger charge is -2.22. The number of hydrogen-bond donors (Lipinski definition) is 1. The first-order chi connectivity index (χ1) is 11.1. The third-order valence-electron chi connectivity index (χ3n) is 5.04. The Morgan fingerprint density at radius 1 is 0.696 bits per heavy atom. The molecule has 4 rings (SSSR count). The molecule has 0 atom stereocenters. The standard InChI is InChI=1S/C21H19BO/c1-21(2)19-11-7-6-10-17(19)18-13-12-16(14-20(18)21)22(23)15-8-4-3-5-9-15/h3-14,23H,1-2H3. The average Bonchev–Trinajstić information content (AvgIpc) is 2.83. The van der Waals surface area contributed by atoms with Crippen molar-refractivity contribution < 1.29 is 5.02 Å². The molecule has 3 aromatic carbocycles. The van der Waals surface area contributed by atoms with E-state index < -0.39 is 6.92 Å². The van der Waals surface area contributed by atoms with Gasteiger partial charge in [-0.3, -0.25) is 0 Å². The highest BCUT2D eigenvalue weighted by atomic mass is 16.2. The Morgan fingerprint density at radius 3 is 2.13 bits per heavy atom. The summed E-state index contributed by atoms with van der Waals surface area (Å²) in [6, 6.07) is 24.8. The molecule has 3 aromatic rings. The van der Waals surface area contributed by atoms with E-state index in [9.17, 15) is 5.02 Å². The summed E-state index contributed by atoms with van der Waals surface area (Å²) in [5.74, 6) is 0. The van der Waals surface area contributed by atoms with Crippen LogP contribution in [-0.4, -0.2) is 11.9 Å². The molecule has 2 heteroatoms. The second-order valence-electron chi connectivity index (χ2n) is 6.79. The highest BCUT2D eigenvalue weighted by Gasteiger charge is 2.35. The second kappa shape index (κ2) is 5.11. The molecule has 0 saturated carbocycles. The monoisotopic (exact) mass is 298 g/mol. The Bertz CT molecular complexity index is 868. The smallest absolute Gasteiger partial charge is 0.358 e. The summed E-state index contributed by atoms with van der Waals surface area (Å²) in [6.07, 6.45) is 0. The van der Waals surface area contributed by atoms with Crippen LogP contribution in [0.25, 0.3) is 11.1 Å². The molecule has 0 fully saturated rings. The third-order valence-corrected chi connectivity index (χ3v) is 5.04. The molecule has 0 heterocycles. The van der Waals surface area contributed by atoms with Gasteiger partial charge >= 0.3 is 6.92 Å². The molecule has 0 radical (unpaired) electrons. The van der Waals surface area contributed by atoms with E-state index in [1.807, 2.05) is 30.3 Å². The van der Waals surface area contributed by atoms with Gasteiger partial charge in [-0.1, -0.05) is 86.6 Å². The minimum absolute atomic E-state index is 0.0294. The van der Waals surface area contributed by atoms with E-state index in [1.165, 1.54) is 22.3 Å². The first-order valence-corrected chi connectivity index (χ1v) is 8.06. The van der Waals surface area contributed by atoms with Crippen molar-refractivity contribution in [2.24, 2.45) is 0 Å². The van der Waals surface area contributed by atoms with Gasteiger partial charge in [-0.2, -0.15) is 0 Å². The molecule has 1 aliphatic rings. The highest BCUT2D eigenvalue weighted by Crippen LogP contribution is 2.47. The summed E-state index contributed by atoms with van der Waals surface area (Å²) in [4.78, 5) is 0. The van der Waals surface area contributed by atoms with Crippen LogP contribution in [-0.2, 0) is 5.41 Å². The second-order valence-corrected chi connectivity index (χ2v) is 6.79. The van der Waals surface area contributed by atoms with Crippen molar-refractivity contribution in [2.75, 3.05) is 0 Å². The molecule has 0 aliphatic heterocycles. The van der Waals surface area contributed by atoms with Crippen LogP contribution in [0.5, 0.6) is 0 Å². The molecule has 0 saturated heterocycles. The summed E-state index contributed by atoms with van der Waals surface area (Å²) >= 11 is 0. The van der Waals surface area contributed by atoms with Crippen molar-refractivity contribution in [1.82, 2.24) is 0 Å². The van der Waals surface area contributed by atoms with Crippen molar-refractivity contribution in [3.63, 3.8) is 0 Å². The quantitative estimate of drug-likeness (QED) is 0.721. The summed E-state index contributed by atoms with van der Waals surface area (Å²) in [7, 11) is 0. The molecule has 0 aromatic heterocycles. The van der Waals surface area contributed by atoms with E-state index in [1.54, 1.807) is 0 Å². The van der Waals surface area contributed by atoms with Gasteiger partial charge in [-0.25, -0.2) is 0 Å². The zero-order valence-electron chi connectivity index (χ0n) is 13.5. The highest BCUT2D eigenvalue weighted by molar-refractivity contribution is 6.78. The maximum atomic E-state index is 10.7. The molecule has 0 unspecified atom stereocenters. The van der Waals surface area contributed by atoms with E-state index in [4.69, 9.17) is 0 Å². The molecule has 0 amide bonds. The van der Waals surface area contributed by atoms with Crippen LogP contribution in [0.2, 0.25) is 0 Å². The molecule has 0 spiro atoms. The fourth-order valence-corrected chi connectivity index (χ4v) is 3.72. The zero-order valence-corrected chi connectivity index (χ0v) is 13.5. The van der Waals surface area contributed by atoms with Crippen molar-refractivity contribution in [1.29, 1.82) is 0 Å². The molecule has 112 valence electrons. The maximum Gasteiger partial charge on any atom is 0.358 e. The number of benzene rings is 3. The van der Waals surface area contributed by atoms with E-state index in [-0.39, 0.29) is 5.41 Å². The fourth-order valence-electron chi connectivity index (χ4n) is 3.72. The predicted molar refractivity (Wildman–Crippen MR) is 97.7 cm³/mol. The fraction of sp³-hybridized carbons (Fsp3) is 0.143. The van der Waals surface area contributed by atoms with Gasteiger partial charge < -0.3 is 5.02 Å². The molecule has 23 heavy (non-hydrogen) atoms. The normalized spacial score (nSPS) is 14.2. The van der Waals surface area contributed by atoms with Gasteiger partial charge in [-0.05, 0) is 33.2 Å². The first-order valence-electron chi connectivity index (χ1n) is 8.06. The lowest BCUT2D eigenvalue weighted by atomic mass is 9.55. The Labute approximate surface area is 137 Å².